The minimum Gasteiger partial charge on any atom is -0.337 e. The van der Waals surface area contributed by atoms with E-state index in [1.807, 2.05) is 7.05 Å². The first-order chi connectivity index (χ1) is 9.65. The second-order valence-electron chi connectivity index (χ2n) is 4.22. The molecule has 0 fully saturated rings. The molecule has 3 heterocycles. The average molecular weight is 291 g/mol. The molecule has 3 aromatic heterocycles. The predicted octanol–water partition coefficient (Wildman–Crippen LogP) is 1.57. The first kappa shape index (κ1) is 12.8. The number of hydrogen-bond donors (Lipinski definition) is 1. The van der Waals surface area contributed by atoms with Gasteiger partial charge in [0.2, 0.25) is 11.7 Å². The van der Waals surface area contributed by atoms with Gasteiger partial charge in [-0.1, -0.05) is 16.8 Å². The lowest BCUT2D eigenvalue weighted by atomic mass is 10.2. The average Bonchev–Trinajstić information content (AvgIpc) is 3.07. The molecule has 0 radical (unpaired) electrons. The Kier molecular flexibility index (Phi) is 3.21. The molecule has 20 heavy (non-hydrogen) atoms. The fourth-order valence-electron chi connectivity index (χ4n) is 1.75. The molecule has 7 nitrogen and oxygen atoms in total. The molecular weight excluding hydrogens is 280 g/mol. The van der Waals surface area contributed by atoms with Crippen LogP contribution in [0, 0.1) is 0 Å². The maximum absolute atomic E-state index is 6.06. The van der Waals surface area contributed by atoms with Crippen LogP contribution in [0.1, 0.15) is 17.5 Å². The Morgan fingerprint density at radius 3 is 3.00 bits per heavy atom. The fraction of sp³-hybridized carbons (Fsp3) is 0.167. The Hall–Kier alpha value is -2.25. The summed E-state index contributed by atoms with van der Waals surface area (Å²) in [5.41, 5.74) is 7.30. The Balaban J connectivity index is 1.93. The van der Waals surface area contributed by atoms with Crippen LogP contribution in [0.15, 0.2) is 35.2 Å². The summed E-state index contributed by atoms with van der Waals surface area (Å²) in [7, 11) is 1.81. The van der Waals surface area contributed by atoms with Gasteiger partial charge in [-0.05, 0) is 12.1 Å². The van der Waals surface area contributed by atoms with E-state index >= 15 is 0 Å². The summed E-state index contributed by atoms with van der Waals surface area (Å²) < 4.78 is 6.83. The van der Waals surface area contributed by atoms with Gasteiger partial charge in [-0.25, -0.2) is 0 Å². The van der Waals surface area contributed by atoms with E-state index in [1.165, 1.54) is 0 Å². The van der Waals surface area contributed by atoms with Gasteiger partial charge in [0, 0.05) is 25.0 Å². The monoisotopic (exact) mass is 290 g/mol. The van der Waals surface area contributed by atoms with Gasteiger partial charge in [0.1, 0.15) is 11.7 Å². The number of aryl methyl sites for hydroxylation is 1. The van der Waals surface area contributed by atoms with Crippen LogP contribution in [0.4, 0.5) is 0 Å². The third-order valence-corrected chi connectivity index (χ3v) is 3.07. The maximum atomic E-state index is 6.06. The maximum Gasteiger partial charge on any atom is 0.248 e. The van der Waals surface area contributed by atoms with Crippen molar-refractivity contribution in [3.8, 4) is 11.5 Å². The first-order valence-corrected chi connectivity index (χ1v) is 6.21. The van der Waals surface area contributed by atoms with E-state index in [0.717, 1.165) is 5.56 Å². The highest BCUT2D eigenvalue weighted by atomic mass is 35.5. The zero-order valence-electron chi connectivity index (χ0n) is 10.6. The number of rotatable bonds is 3. The van der Waals surface area contributed by atoms with Gasteiger partial charge in [0.15, 0.2) is 0 Å². The van der Waals surface area contributed by atoms with Crippen molar-refractivity contribution in [2.45, 2.75) is 6.04 Å². The molecule has 3 rings (SSSR count). The first-order valence-electron chi connectivity index (χ1n) is 5.84. The molecule has 0 aliphatic heterocycles. The third-order valence-electron chi connectivity index (χ3n) is 2.76. The van der Waals surface area contributed by atoms with Gasteiger partial charge >= 0.3 is 0 Å². The van der Waals surface area contributed by atoms with Gasteiger partial charge in [0.05, 0.1) is 11.2 Å². The highest BCUT2D eigenvalue weighted by Crippen LogP contribution is 2.24. The molecule has 1 atom stereocenters. The normalized spacial score (nSPS) is 12.6. The highest BCUT2D eigenvalue weighted by molar-refractivity contribution is 6.32. The summed E-state index contributed by atoms with van der Waals surface area (Å²) in [5, 5.41) is 8.37. The van der Waals surface area contributed by atoms with Crippen LogP contribution in [0.25, 0.3) is 11.5 Å². The Labute approximate surface area is 119 Å². The Bertz CT molecular complexity index is 737. The minimum absolute atomic E-state index is 0.287. The largest absolute Gasteiger partial charge is 0.337 e. The van der Waals surface area contributed by atoms with Crippen molar-refractivity contribution in [3.63, 3.8) is 0 Å². The second kappa shape index (κ2) is 5.03. The lowest BCUT2D eigenvalue weighted by Gasteiger charge is -2.01. The van der Waals surface area contributed by atoms with Crippen molar-refractivity contribution in [3.05, 3.63) is 47.2 Å². The molecule has 0 amide bonds. The van der Waals surface area contributed by atoms with Crippen molar-refractivity contribution in [1.29, 1.82) is 0 Å². The van der Waals surface area contributed by atoms with Crippen LogP contribution in [-0.4, -0.2) is 24.9 Å². The predicted molar refractivity (Wildman–Crippen MR) is 71.8 cm³/mol. The topological polar surface area (TPSA) is 95.7 Å². The van der Waals surface area contributed by atoms with Crippen LogP contribution >= 0.6 is 11.6 Å². The molecule has 0 aliphatic carbocycles. The van der Waals surface area contributed by atoms with E-state index in [4.69, 9.17) is 21.9 Å². The molecule has 0 saturated heterocycles. The lowest BCUT2D eigenvalue weighted by molar-refractivity contribution is 0.367. The Morgan fingerprint density at radius 2 is 2.30 bits per heavy atom. The molecule has 102 valence electrons. The molecule has 1 unspecified atom stereocenters. The number of pyridine rings is 1. The van der Waals surface area contributed by atoms with Crippen molar-refractivity contribution in [1.82, 2.24) is 24.9 Å². The molecule has 0 bridgehead atoms. The number of aromatic nitrogens is 5. The lowest BCUT2D eigenvalue weighted by Crippen LogP contribution is -2.11. The summed E-state index contributed by atoms with van der Waals surface area (Å²) in [6.07, 6.45) is 5.06. The zero-order chi connectivity index (χ0) is 14.1. The summed E-state index contributed by atoms with van der Waals surface area (Å²) in [5.74, 6) is 0.597. The second-order valence-corrected chi connectivity index (χ2v) is 4.62. The molecular formula is C12H11ClN6O. The zero-order valence-corrected chi connectivity index (χ0v) is 11.3. The van der Waals surface area contributed by atoms with Gasteiger partial charge in [0.25, 0.3) is 0 Å². The van der Waals surface area contributed by atoms with Crippen LogP contribution in [0.5, 0.6) is 0 Å². The van der Waals surface area contributed by atoms with Crippen molar-refractivity contribution >= 4 is 11.6 Å². The Morgan fingerprint density at radius 1 is 1.45 bits per heavy atom. The fourth-order valence-corrected chi connectivity index (χ4v) is 1.96. The molecule has 0 spiro atoms. The summed E-state index contributed by atoms with van der Waals surface area (Å²) in [6.45, 7) is 0. The van der Waals surface area contributed by atoms with Crippen molar-refractivity contribution in [2.24, 2.45) is 12.8 Å². The number of halogens is 1. The minimum atomic E-state index is -0.535. The van der Waals surface area contributed by atoms with Crippen LogP contribution in [0.2, 0.25) is 5.02 Å². The van der Waals surface area contributed by atoms with Crippen molar-refractivity contribution in [2.75, 3.05) is 0 Å². The number of nitrogens with two attached hydrogens (primary N) is 1. The van der Waals surface area contributed by atoms with E-state index in [-0.39, 0.29) is 5.89 Å². The van der Waals surface area contributed by atoms with E-state index in [9.17, 15) is 0 Å². The third kappa shape index (κ3) is 2.28. The molecule has 0 aromatic carbocycles. The van der Waals surface area contributed by atoms with Gasteiger partial charge in [-0.15, -0.1) is 0 Å². The quantitative estimate of drug-likeness (QED) is 0.786. The van der Waals surface area contributed by atoms with Crippen LogP contribution in [-0.2, 0) is 7.05 Å². The van der Waals surface area contributed by atoms with E-state index < -0.39 is 6.04 Å². The SMILES string of the molecule is Cn1cc(C(N)c2nc(-c3ncccc3Cl)no2)cn1. The van der Waals surface area contributed by atoms with Gasteiger partial charge in [-0.2, -0.15) is 10.1 Å². The summed E-state index contributed by atoms with van der Waals surface area (Å²) in [4.78, 5) is 8.36. The molecule has 0 aliphatic rings. The molecule has 2 N–H and O–H groups in total. The standard InChI is InChI=1S/C12H11ClN6O/c1-19-6-7(5-16-19)9(14)12-17-11(18-20-12)10-8(13)3-2-4-15-10/h2-6,9H,14H2,1H3. The van der Waals surface area contributed by atoms with E-state index in [1.54, 1.807) is 35.4 Å². The van der Waals surface area contributed by atoms with E-state index in [2.05, 4.69) is 20.2 Å². The molecule has 0 saturated carbocycles. The number of nitrogens with zero attached hydrogens (tertiary/aromatic N) is 5. The van der Waals surface area contributed by atoms with Crippen LogP contribution < -0.4 is 5.73 Å². The van der Waals surface area contributed by atoms with Gasteiger partial charge < -0.3 is 10.3 Å². The van der Waals surface area contributed by atoms with Crippen LogP contribution in [0.3, 0.4) is 0 Å². The highest BCUT2D eigenvalue weighted by Gasteiger charge is 2.20. The molecule has 8 heteroatoms. The summed E-state index contributed by atoms with van der Waals surface area (Å²) in [6, 6.07) is 2.90. The summed E-state index contributed by atoms with van der Waals surface area (Å²) >= 11 is 6.04. The molecule has 3 aromatic rings. The van der Waals surface area contributed by atoms with Gasteiger partial charge in [-0.3, -0.25) is 9.67 Å². The smallest absolute Gasteiger partial charge is 0.248 e. The number of hydrogen-bond acceptors (Lipinski definition) is 6. The van der Waals surface area contributed by atoms with E-state index in [0.29, 0.717) is 16.5 Å². The van der Waals surface area contributed by atoms with Crippen molar-refractivity contribution < 1.29 is 4.52 Å².